The van der Waals surface area contributed by atoms with E-state index in [0.717, 1.165) is 26.2 Å². The van der Waals surface area contributed by atoms with Crippen LogP contribution < -0.4 is 5.73 Å². The number of rotatable bonds is 6. The molecule has 0 aromatic heterocycles. The van der Waals surface area contributed by atoms with E-state index < -0.39 is 0 Å². The van der Waals surface area contributed by atoms with Gasteiger partial charge in [0.25, 0.3) is 0 Å². The molecular weight excluding hydrogens is 242 g/mol. The molecule has 2 heterocycles. The smallest absolute Gasteiger partial charge is 0.153 e. The predicted octanol–water partition coefficient (Wildman–Crippen LogP) is -0.164. The Morgan fingerprint density at radius 2 is 1.42 bits per heavy atom. The van der Waals surface area contributed by atoms with E-state index in [1.54, 1.807) is 0 Å². The van der Waals surface area contributed by atoms with Crippen molar-refractivity contribution in [2.24, 2.45) is 10.9 Å². The molecule has 0 saturated carbocycles. The molecule has 2 aliphatic rings. The minimum atomic E-state index is 0.308. The van der Waals surface area contributed by atoms with Crippen LogP contribution in [0.4, 0.5) is 0 Å². The Kier molecular flexibility index (Phi) is 5.88. The van der Waals surface area contributed by atoms with Gasteiger partial charge in [-0.2, -0.15) is 0 Å². The lowest BCUT2D eigenvalue weighted by Gasteiger charge is -2.34. The third-order valence-electron chi connectivity index (χ3n) is 4.13. The van der Waals surface area contributed by atoms with Crippen LogP contribution in [0.15, 0.2) is 5.16 Å². The van der Waals surface area contributed by atoms with Crippen molar-refractivity contribution in [1.29, 1.82) is 0 Å². The molecule has 0 aromatic rings. The molecule has 0 amide bonds. The number of nitrogens with zero attached hydrogens (tertiary/aromatic N) is 4. The third kappa shape index (κ3) is 4.97. The Morgan fingerprint density at radius 3 is 2.00 bits per heavy atom. The highest BCUT2D eigenvalue weighted by atomic mass is 16.4. The van der Waals surface area contributed by atoms with Crippen molar-refractivity contribution in [3.63, 3.8) is 0 Å². The largest absolute Gasteiger partial charge is 0.409 e. The first-order valence-electron chi connectivity index (χ1n) is 7.41. The van der Waals surface area contributed by atoms with Gasteiger partial charge in [-0.15, -0.1) is 0 Å². The summed E-state index contributed by atoms with van der Waals surface area (Å²) >= 11 is 0. The van der Waals surface area contributed by atoms with Crippen LogP contribution in [-0.4, -0.2) is 84.6 Å². The number of hydrogen-bond donors (Lipinski definition) is 2. The SMILES string of the molecule is NC(CN1CCN(CCCN2CCCC2)CC1)=NO. The second-order valence-corrected chi connectivity index (χ2v) is 5.61. The highest BCUT2D eigenvalue weighted by Crippen LogP contribution is 2.08. The lowest BCUT2D eigenvalue weighted by atomic mass is 10.2. The molecule has 2 aliphatic heterocycles. The van der Waals surface area contributed by atoms with Crippen molar-refractivity contribution in [3.05, 3.63) is 0 Å². The molecule has 2 saturated heterocycles. The van der Waals surface area contributed by atoms with Crippen molar-refractivity contribution < 1.29 is 5.21 Å². The Bertz CT molecular complexity index is 283. The summed E-state index contributed by atoms with van der Waals surface area (Å²) in [6.07, 6.45) is 4.04. The van der Waals surface area contributed by atoms with E-state index >= 15 is 0 Å². The lowest BCUT2D eigenvalue weighted by molar-refractivity contribution is 0.139. The Morgan fingerprint density at radius 1 is 0.895 bits per heavy atom. The van der Waals surface area contributed by atoms with Crippen LogP contribution in [-0.2, 0) is 0 Å². The molecular formula is C13H27N5O. The second kappa shape index (κ2) is 7.67. The highest BCUT2D eigenvalue weighted by Gasteiger charge is 2.18. The fourth-order valence-corrected chi connectivity index (χ4v) is 2.96. The van der Waals surface area contributed by atoms with Crippen LogP contribution in [0, 0.1) is 0 Å². The summed E-state index contributed by atoms with van der Waals surface area (Å²) in [4.78, 5) is 7.35. The topological polar surface area (TPSA) is 68.3 Å². The number of amidine groups is 1. The standard InChI is InChI=1S/C13H27N5O/c14-13(15-19)12-18-10-8-17(9-11-18)7-3-6-16-4-1-2-5-16/h19H,1-12H2,(H2,14,15). The summed E-state index contributed by atoms with van der Waals surface area (Å²) in [6.45, 7) is 9.86. The third-order valence-corrected chi connectivity index (χ3v) is 4.13. The van der Waals surface area contributed by atoms with Gasteiger partial charge in [0.2, 0.25) is 0 Å². The second-order valence-electron chi connectivity index (χ2n) is 5.61. The Hall–Kier alpha value is -0.850. The first-order valence-corrected chi connectivity index (χ1v) is 7.41. The monoisotopic (exact) mass is 269 g/mol. The zero-order chi connectivity index (χ0) is 13.5. The zero-order valence-corrected chi connectivity index (χ0v) is 11.8. The fraction of sp³-hybridized carbons (Fsp3) is 0.923. The summed E-state index contributed by atoms with van der Waals surface area (Å²) in [5.41, 5.74) is 5.53. The molecule has 110 valence electrons. The van der Waals surface area contributed by atoms with Crippen LogP contribution in [0.2, 0.25) is 0 Å². The predicted molar refractivity (Wildman–Crippen MR) is 76.6 cm³/mol. The van der Waals surface area contributed by atoms with Gasteiger partial charge in [0.15, 0.2) is 5.84 Å². The maximum atomic E-state index is 8.56. The normalized spacial score (nSPS) is 24.1. The van der Waals surface area contributed by atoms with E-state index in [9.17, 15) is 0 Å². The van der Waals surface area contributed by atoms with Crippen molar-refractivity contribution in [3.8, 4) is 0 Å². The van der Waals surface area contributed by atoms with Gasteiger partial charge in [-0.1, -0.05) is 5.16 Å². The molecule has 0 unspecified atom stereocenters. The molecule has 0 aromatic carbocycles. The van der Waals surface area contributed by atoms with Crippen molar-refractivity contribution in [1.82, 2.24) is 14.7 Å². The summed E-state index contributed by atoms with van der Waals surface area (Å²) in [7, 11) is 0. The van der Waals surface area contributed by atoms with Gasteiger partial charge in [-0.25, -0.2) is 0 Å². The first kappa shape index (κ1) is 14.6. The minimum absolute atomic E-state index is 0.308. The van der Waals surface area contributed by atoms with Crippen molar-refractivity contribution in [2.75, 3.05) is 58.9 Å². The van der Waals surface area contributed by atoms with Gasteiger partial charge >= 0.3 is 0 Å². The van der Waals surface area contributed by atoms with E-state index in [1.165, 1.54) is 45.4 Å². The molecule has 3 N–H and O–H groups in total. The summed E-state index contributed by atoms with van der Waals surface area (Å²) in [6, 6.07) is 0. The minimum Gasteiger partial charge on any atom is -0.409 e. The Labute approximate surface area is 115 Å². The van der Waals surface area contributed by atoms with Crippen molar-refractivity contribution >= 4 is 5.84 Å². The number of oxime groups is 1. The summed E-state index contributed by atoms with van der Waals surface area (Å²) in [5.74, 6) is 0.308. The van der Waals surface area contributed by atoms with Gasteiger partial charge in [0, 0.05) is 26.2 Å². The number of nitrogens with two attached hydrogens (primary N) is 1. The molecule has 6 nitrogen and oxygen atoms in total. The van der Waals surface area contributed by atoms with Crippen LogP contribution in [0.25, 0.3) is 0 Å². The molecule has 0 bridgehead atoms. The molecule has 0 atom stereocenters. The quantitative estimate of drug-likeness (QED) is 0.303. The van der Waals surface area contributed by atoms with Gasteiger partial charge in [0.05, 0.1) is 6.54 Å². The van der Waals surface area contributed by atoms with Crippen LogP contribution in [0.1, 0.15) is 19.3 Å². The molecule has 0 radical (unpaired) electrons. The lowest BCUT2D eigenvalue weighted by Crippen LogP contribution is -2.49. The van der Waals surface area contributed by atoms with Gasteiger partial charge in [-0.3, -0.25) is 4.90 Å². The zero-order valence-electron chi connectivity index (χ0n) is 11.8. The summed E-state index contributed by atoms with van der Waals surface area (Å²) in [5, 5.41) is 11.6. The van der Waals surface area contributed by atoms with Gasteiger partial charge < -0.3 is 20.7 Å². The van der Waals surface area contributed by atoms with E-state index in [1.807, 2.05) is 0 Å². The van der Waals surface area contributed by atoms with Crippen LogP contribution in [0.5, 0.6) is 0 Å². The highest BCUT2D eigenvalue weighted by molar-refractivity contribution is 5.81. The number of likely N-dealkylation sites (tertiary alicyclic amines) is 1. The Balaban J connectivity index is 1.55. The van der Waals surface area contributed by atoms with Crippen LogP contribution in [0.3, 0.4) is 0 Å². The average molecular weight is 269 g/mol. The summed E-state index contributed by atoms with van der Waals surface area (Å²) < 4.78 is 0. The average Bonchev–Trinajstić information content (AvgIpc) is 2.94. The maximum Gasteiger partial charge on any atom is 0.153 e. The fourth-order valence-electron chi connectivity index (χ4n) is 2.96. The molecule has 2 fully saturated rings. The van der Waals surface area contributed by atoms with Gasteiger partial charge in [0.1, 0.15) is 0 Å². The number of hydrogen-bond acceptors (Lipinski definition) is 5. The molecule has 0 aliphatic carbocycles. The first-order chi connectivity index (χ1) is 9.28. The van der Waals surface area contributed by atoms with E-state index in [4.69, 9.17) is 10.9 Å². The maximum absolute atomic E-state index is 8.56. The van der Waals surface area contributed by atoms with Crippen molar-refractivity contribution in [2.45, 2.75) is 19.3 Å². The van der Waals surface area contributed by atoms with E-state index in [2.05, 4.69) is 19.9 Å². The molecule has 19 heavy (non-hydrogen) atoms. The van der Waals surface area contributed by atoms with E-state index in [0.29, 0.717) is 12.4 Å². The number of piperazine rings is 1. The molecule has 0 spiro atoms. The van der Waals surface area contributed by atoms with Gasteiger partial charge in [-0.05, 0) is 45.4 Å². The van der Waals surface area contributed by atoms with Crippen LogP contribution >= 0.6 is 0 Å². The molecule has 2 rings (SSSR count). The molecule has 6 heteroatoms. The van der Waals surface area contributed by atoms with E-state index in [-0.39, 0.29) is 0 Å².